The second-order valence-corrected chi connectivity index (χ2v) is 10.7. The van der Waals surface area contributed by atoms with Gasteiger partial charge in [0.15, 0.2) is 0 Å². The third-order valence-corrected chi connectivity index (χ3v) is 8.16. The fraction of sp³-hybridized carbons (Fsp3) is 0.333. The van der Waals surface area contributed by atoms with Gasteiger partial charge in [-0.1, -0.05) is 42.5 Å². The largest absolute Gasteiger partial charge is 0.450 e. The van der Waals surface area contributed by atoms with Gasteiger partial charge in [0.1, 0.15) is 0 Å². The van der Waals surface area contributed by atoms with E-state index in [1.54, 1.807) is 49.4 Å². The summed E-state index contributed by atoms with van der Waals surface area (Å²) in [5.74, 6) is -0.761. The first-order valence-corrected chi connectivity index (χ1v) is 13.7. The summed E-state index contributed by atoms with van der Waals surface area (Å²) in [6.07, 6.45) is -0.136. The summed E-state index contributed by atoms with van der Waals surface area (Å²) in [5, 5.41) is 13.9. The van der Waals surface area contributed by atoms with Crippen molar-refractivity contribution in [1.82, 2.24) is 9.62 Å². The van der Waals surface area contributed by atoms with E-state index in [9.17, 15) is 23.1 Å². The first-order valence-electron chi connectivity index (χ1n) is 12.2. The van der Waals surface area contributed by atoms with E-state index in [1.807, 2.05) is 19.1 Å². The van der Waals surface area contributed by atoms with Crippen LogP contribution in [0, 0.1) is 12.8 Å². The number of benzene rings is 3. The molecule has 1 heterocycles. The Kier molecular flexibility index (Phi) is 8.11. The van der Waals surface area contributed by atoms with Gasteiger partial charge in [-0.25, -0.2) is 17.9 Å². The molecule has 0 aliphatic carbocycles. The average Bonchev–Trinajstić information content (AvgIpc) is 2.89. The van der Waals surface area contributed by atoms with Gasteiger partial charge in [0.05, 0.1) is 11.5 Å². The van der Waals surface area contributed by atoms with Crippen LogP contribution in [0.1, 0.15) is 29.3 Å². The highest BCUT2D eigenvalue weighted by atomic mass is 32.2. The van der Waals surface area contributed by atoms with E-state index in [-0.39, 0.29) is 30.6 Å². The standard InChI is InChI=1S/C27H31N3O6S/c1-3-36-27(33)30-15-14-23(19(16-30)17-31)29-37(34,35)25-13-12-24(21-10-6-7-11-22(21)25)28-26(32)20-9-5-4-8-18(20)2/h4-13,19,23,29,31H,3,14-17H2,1-2H3,(H,28,32)/t19-,23+/m1/s1. The van der Waals surface area contributed by atoms with E-state index >= 15 is 0 Å². The highest BCUT2D eigenvalue weighted by Gasteiger charge is 2.35. The molecule has 1 fully saturated rings. The van der Waals surface area contributed by atoms with Crippen molar-refractivity contribution in [2.75, 3.05) is 31.6 Å². The maximum absolute atomic E-state index is 13.5. The smallest absolute Gasteiger partial charge is 0.409 e. The number of fused-ring (bicyclic) bond motifs is 1. The van der Waals surface area contributed by atoms with Crippen LogP contribution in [0.5, 0.6) is 0 Å². The van der Waals surface area contributed by atoms with Crippen molar-refractivity contribution >= 4 is 38.5 Å². The number of rotatable bonds is 7. The number of carbonyl (C=O) groups excluding carboxylic acids is 2. The quantitative estimate of drug-likeness (QED) is 0.434. The summed E-state index contributed by atoms with van der Waals surface area (Å²) in [6.45, 7) is 4.02. The Morgan fingerprint density at radius 3 is 2.46 bits per heavy atom. The third kappa shape index (κ3) is 5.76. The van der Waals surface area contributed by atoms with Gasteiger partial charge < -0.3 is 20.1 Å². The van der Waals surface area contributed by atoms with E-state index in [2.05, 4.69) is 10.0 Å². The lowest BCUT2D eigenvalue weighted by atomic mass is 9.94. The Balaban J connectivity index is 1.59. The van der Waals surface area contributed by atoms with Crippen LogP contribution < -0.4 is 10.0 Å². The second-order valence-electron chi connectivity index (χ2n) is 9.03. The van der Waals surface area contributed by atoms with E-state index in [1.165, 1.54) is 11.0 Å². The number of carbonyl (C=O) groups is 2. The van der Waals surface area contributed by atoms with Crippen molar-refractivity contribution in [2.24, 2.45) is 5.92 Å². The maximum atomic E-state index is 13.5. The molecular weight excluding hydrogens is 494 g/mol. The van der Waals surface area contributed by atoms with Crippen LogP contribution in [0.2, 0.25) is 0 Å². The average molecular weight is 526 g/mol. The second kappa shape index (κ2) is 11.3. The molecule has 2 amide bonds. The monoisotopic (exact) mass is 525 g/mol. The molecule has 1 saturated heterocycles. The summed E-state index contributed by atoms with van der Waals surface area (Å²) >= 11 is 0. The Morgan fingerprint density at radius 1 is 1.05 bits per heavy atom. The van der Waals surface area contributed by atoms with Crippen molar-refractivity contribution in [3.63, 3.8) is 0 Å². The number of piperidine rings is 1. The van der Waals surface area contributed by atoms with Crippen LogP contribution in [-0.2, 0) is 14.8 Å². The highest BCUT2D eigenvalue weighted by molar-refractivity contribution is 7.89. The van der Waals surface area contributed by atoms with Gasteiger partial charge in [0.25, 0.3) is 5.91 Å². The van der Waals surface area contributed by atoms with Crippen molar-refractivity contribution in [3.8, 4) is 0 Å². The predicted molar refractivity (Wildman–Crippen MR) is 141 cm³/mol. The number of aliphatic hydroxyl groups is 1. The van der Waals surface area contributed by atoms with Gasteiger partial charge in [0.2, 0.25) is 10.0 Å². The SMILES string of the molecule is CCOC(=O)N1CC[C@H](NS(=O)(=O)c2ccc(NC(=O)c3ccccc3C)c3ccccc23)[C@@H](CO)C1. The number of amides is 2. The fourth-order valence-electron chi connectivity index (χ4n) is 4.65. The number of sulfonamides is 1. The van der Waals surface area contributed by atoms with E-state index < -0.39 is 28.1 Å². The number of anilines is 1. The summed E-state index contributed by atoms with van der Waals surface area (Å²) < 4.78 is 34.8. The number of hydrogen-bond acceptors (Lipinski definition) is 6. The molecular formula is C27H31N3O6S. The van der Waals surface area contributed by atoms with Gasteiger partial charge >= 0.3 is 6.09 Å². The van der Waals surface area contributed by atoms with Gasteiger partial charge in [-0.05, 0) is 44.0 Å². The molecule has 37 heavy (non-hydrogen) atoms. The molecule has 2 atom stereocenters. The van der Waals surface area contributed by atoms with Crippen LogP contribution in [0.3, 0.4) is 0 Å². The molecule has 0 radical (unpaired) electrons. The van der Waals surface area contributed by atoms with E-state index in [4.69, 9.17) is 4.74 Å². The minimum atomic E-state index is -3.99. The van der Waals surface area contributed by atoms with Crippen molar-refractivity contribution in [2.45, 2.75) is 31.2 Å². The number of aryl methyl sites for hydroxylation is 1. The molecule has 10 heteroatoms. The number of nitrogens with one attached hydrogen (secondary N) is 2. The molecule has 0 bridgehead atoms. The molecule has 9 nitrogen and oxygen atoms in total. The molecule has 0 unspecified atom stereocenters. The first kappa shape index (κ1) is 26.6. The Labute approximate surface area is 216 Å². The van der Waals surface area contributed by atoms with Crippen LogP contribution in [-0.4, -0.2) is 62.8 Å². The summed E-state index contributed by atoms with van der Waals surface area (Å²) in [7, 11) is -3.99. The zero-order chi connectivity index (χ0) is 26.6. The van der Waals surface area contributed by atoms with Crippen molar-refractivity contribution in [3.05, 3.63) is 71.8 Å². The summed E-state index contributed by atoms with van der Waals surface area (Å²) in [4.78, 5) is 26.5. The van der Waals surface area contributed by atoms with Crippen LogP contribution in [0.15, 0.2) is 65.6 Å². The van der Waals surface area contributed by atoms with Gasteiger partial charge in [0, 0.05) is 53.7 Å². The minimum absolute atomic E-state index is 0.0708. The molecule has 0 spiro atoms. The molecule has 1 aliphatic rings. The van der Waals surface area contributed by atoms with Crippen LogP contribution >= 0.6 is 0 Å². The molecule has 1 aliphatic heterocycles. The molecule has 0 aromatic heterocycles. The molecule has 3 N–H and O–H groups in total. The lowest BCUT2D eigenvalue weighted by Gasteiger charge is -2.37. The highest BCUT2D eigenvalue weighted by Crippen LogP contribution is 2.31. The number of aliphatic hydroxyl groups excluding tert-OH is 1. The number of nitrogens with zero attached hydrogens (tertiary/aromatic N) is 1. The Hall–Kier alpha value is -3.47. The number of likely N-dealkylation sites (tertiary alicyclic amines) is 1. The third-order valence-electron chi connectivity index (χ3n) is 6.61. The lowest BCUT2D eigenvalue weighted by molar-refractivity contribution is 0.0666. The molecule has 196 valence electrons. The van der Waals surface area contributed by atoms with Crippen LogP contribution in [0.4, 0.5) is 10.5 Å². The Morgan fingerprint density at radius 2 is 1.76 bits per heavy atom. The summed E-state index contributed by atoms with van der Waals surface area (Å²) in [6, 6.07) is 16.7. The summed E-state index contributed by atoms with van der Waals surface area (Å²) in [5.41, 5.74) is 1.87. The minimum Gasteiger partial charge on any atom is -0.450 e. The van der Waals surface area contributed by atoms with Crippen LogP contribution in [0.25, 0.3) is 10.8 Å². The van der Waals surface area contributed by atoms with Gasteiger partial charge in [-0.15, -0.1) is 0 Å². The van der Waals surface area contributed by atoms with Gasteiger partial charge in [-0.3, -0.25) is 4.79 Å². The van der Waals surface area contributed by atoms with Crippen molar-refractivity contribution in [1.29, 1.82) is 0 Å². The lowest BCUT2D eigenvalue weighted by Crippen LogP contribution is -2.53. The maximum Gasteiger partial charge on any atom is 0.409 e. The molecule has 3 aromatic carbocycles. The molecule has 3 aromatic rings. The van der Waals surface area contributed by atoms with Crippen molar-refractivity contribution < 1.29 is 27.9 Å². The number of hydrogen-bond donors (Lipinski definition) is 3. The van der Waals surface area contributed by atoms with E-state index in [0.717, 1.165) is 5.56 Å². The normalized spacial score (nSPS) is 18.0. The van der Waals surface area contributed by atoms with Gasteiger partial charge in [-0.2, -0.15) is 0 Å². The predicted octanol–water partition coefficient (Wildman–Crippen LogP) is 3.52. The zero-order valence-corrected chi connectivity index (χ0v) is 21.6. The van der Waals surface area contributed by atoms with E-state index in [0.29, 0.717) is 35.0 Å². The molecule has 4 rings (SSSR count). The Bertz CT molecular complexity index is 1410. The number of ether oxygens (including phenoxy) is 1. The fourth-order valence-corrected chi connectivity index (χ4v) is 6.20. The first-order chi connectivity index (χ1) is 17.7. The molecule has 0 saturated carbocycles. The zero-order valence-electron chi connectivity index (χ0n) is 20.8. The topological polar surface area (TPSA) is 125 Å².